The van der Waals surface area contributed by atoms with Gasteiger partial charge in [-0.25, -0.2) is 4.79 Å². The number of aromatic amines is 1. The Balaban J connectivity index is 1.68. The third-order valence-electron chi connectivity index (χ3n) is 4.38. The highest BCUT2D eigenvalue weighted by atomic mass is 16.1. The number of fused-ring (bicyclic) bond motifs is 1. The summed E-state index contributed by atoms with van der Waals surface area (Å²) in [4.78, 5) is 26.1. The maximum atomic E-state index is 12.1. The summed E-state index contributed by atoms with van der Waals surface area (Å²) < 4.78 is 1.85. The van der Waals surface area contributed by atoms with Crippen molar-refractivity contribution < 1.29 is 4.79 Å². The van der Waals surface area contributed by atoms with Crippen LogP contribution >= 0.6 is 0 Å². The molecule has 2 N–H and O–H groups in total. The molecular weight excluding hydrogens is 266 g/mol. The zero-order valence-corrected chi connectivity index (χ0v) is 12.3. The molecule has 21 heavy (non-hydrogen) atoms. The lowest BCUT2D eigenvalue weighted by atomic mass is 9.86. The van der Waals surface area contributed by atoms with Gasteiger partial charge in [-0.2, -0.15) is 0 Å². The predicted octanol–water partition coefficient (Wildman–Crippen LogP) is 2.02. The summed E-state index contributed by atoms with van der Waals surface area (Å²) in [7, 11) is 0. The van der Waals surface area contributed by atoms with Crippen LogP contribution in [0.4, 0.5) is 0 Å². The molecular formula is C16H21N3O2. The van der Waals surface area contributed by atoms with Gasteiger partial charge in [0.15, 0.2) is 0 Å². The van der Waals surface area contributed by atoms with Crippen LogP contribution < -0.4 is 11.0 Å². The summed E-state index contributed by atoms with van der Waals surface area (Å²) in [6.45, 7) is 2.33. The molecule has 0 bridgehead atoms. The first-order valence-electron chi connectivity index (χ1n) is 7.58. The second-order valence-corrected chi connectivity index (χ2v) is 5.98. The van der Waals surface area contributed by atoms with Crippen LogP contribution in [0.15, 0.2) is 29.1 Å². The molecule has 0 spiro atoms. The summed E-state index contributed by atoms with van der Waals surface area (Å²) in [5.74, 6) is 0.554. The number of aromatic nitrogens is 2. The van der Waals surface area contributed by atoms with E-state index >= 15 is 0 Å². The Morgan fingerprint density at radius 2 is 2.00 bits per heavy atom. The second kappa shape index (κ2) is 5.76. The number of nitrogens with zero attached hydrogens (tertiary/aromatic N) is 1. The molecule has 5 heteroatoms. The van der Waals surface area contributed by atoms with E-state index in [9.17, 15) is 9.59 Å². The van der Waals surface area contributed by atoms with Gasteiger partial charge in [0.05, 0.1) is 11.0 Å². The number of para-hydroxylation sites is 2. The molecule has 1 heterocycles. The molecule has 1 aliphatic carbocycles. The summed E-state index contributed by atoms with van der Waals surface area (Å²) >= 11 is 0. The summed E-state index contributed by atoms with van der Waals surface area (Å²) in [5.41, 5.74) is 1.85. The highest BCUT2D eigenvalue weighted by Gasteiger charge is 2.22. The van der Waals surface area contributed by atoms with Crippen molar-refractivity contribution in [3.8, 4) is 0 Å². The topological polar surface area (TPSA) is 66.9 Å². The van der Waals surface area contributed by atoms with E-state index in [0.29, 0.717) is 12.0 Å². The Kier molecular flexibility index (Phi) is 3.82. The fourth-order valence-corrected chi connectivity index (χ4v) is 3.32. The van der Waals surface area contributed by atoms with Gasteiger partial charge < -0.3 is 10.3 Å². The number of nitrogens with one attached hydrogen (secondary N) is 2. The van der Waals surface area contributed by atoms with Gasteiger partial charge in [-0.3, -0.25) is 9.36 Å². The number of imidazole rings is 1. The van der Waals surface area contributed by atoms with Crippen molar-refractivity contribution in [1.29, 1.82) is 0 Å². The van der Waals surface area contributed by atoms with E-state index < -0.39 is 0 Å². The highest BCUT2D eigenvalue weighted by molar-refractivity contribution is 5.75. The molecule has 3 rings (SSSR count). The van der Waals surface area contributed by atoms with Gasteiger partial charge in [-0.15, -0.1) is 0 Å². The number of hydrogen-bond acceptors (Lipinski definition) is 2. The minimum Gasteiger partial charge on any atom is -0.354 e. The molecule has 1 saturated carbocycles. The van der Waals surface area contributed by atoms with E-state index in [0.717, 1.165) is 43.3 Å². The molecule has 0 radical (unpaired) electrons. The van der Waals surface area contributed by atoms with E-state index in [1.165, 1.54) is 0 Å². The van der Waals surface area contributed by atoms with Gasteiger partial charge in [0.25, 0.3) is 0 Å². The van der Waals surface area contributed by atoms with Crippen molar-refractivity contribution in [3.05, 3.63) is 34.7 Å². The van der Waals surface area contributed by atoms with Crippen molar-refractivity contribution in [1.82, 2.24) is 14.9 Å². The van der Waals surface area contributed by atoms with E-state index in [1.54, 1.807) is 6.92 Å². The molecule has 1 aliphatic rings. The van der Waals surface area contributed by atoms with Crippen LogP contribution in [0.25, 0.3) is 11.0 Å². The van der Waals surface area contributed by atoms with Crippen molar-refractivity contribution in [2.75, 3.05) is 0 Å². The molecule has 0 atom stereocenters. The fourth-order valence-electron chi connectivity index (χ4n) is 3.32. The summed E-state index contributed by atoms with van der Waals surface area (Å²) in [6.07, 6.45) is 4.11. The Morgan fingerprint density at radius 1 is 1.29 bits per heavy atom. The molecule has 112 valence electrons. The first-order valence-corrected chi connectivity index (χ1v) is 7.58. The molecule has 0 saturated heterocycles. The predicted molar refractivity (Wildman–Crippen MR) is 82.1 cm³/mol. The molecule has 2 aromatic rings. The van der Waals surface area contributed by atoms with Crippen LogP contribution in [0.1, 0.15) is 32.6 Å². The number of rotatable bonds is 3. The minimum absolute atomic E-state index is 0.0276. The fraction of sp³-hybridized carbons (Fsp3) is 0.500. The largest absolute Gasteiger partial charge is 0.354 e. The molecule has 0 aliphatic heterocycles. The van der Waals surface area contributed by atoms with Gasteiger partial charge >= 0.3 is 5.69 Å². The molecule has 1 fully saturated rings. The van der Waals surface area contributed by atoms with Gasteiger partial charge in [-0.05, 0) is 43.7 Å². The van der Waals surface area contributed by atoms with E-state index in [1.807, 2.05) is 28.8 Å². The number of carbonyl (C=O) groups excluding carboxylic acids is 1. The number of amides is 1. The Hall–Kier alpha value is -2.04. The van der Waals surface area contributed by atoms with Crippen molar-refractivity contribution in [2.45, 2.75) is 45.2 Å². The van der Waals surface area contributed by atoms with Gasteiger partial charge in [0, 0.05) is 19.5 Å². The first-order chi connectivity index (χ1) is 10.1. The van der Waals surface area contributed by atoms with Crippen LogP contribution in [0.3, 0.4) is 0 Å². The summed E-state index contributed by atoms with van der Waals surface area (Å²) in [5, 5.41) is 2.99. The van der Waals surface area contributed by atoms with Crippen LogP contribution in [-0.4, -0.2) is 21.5 Å². The number of benzene rings is 1. The molecule has 1 aromatic carbocycles. The first kappa shape index (κ1) is 13.9. The number of H-pyrrole nitrogens is 1. The molecule has 5 nitrogen and oxygen atoms in total. The zero-order chi connectivity index (χ0) is 14.8. The van der Waals surface area contributed by atoms with Crippen LogP contribution in [0, 0.1) is 5.92 Å². The van der Waals surface area contributed by atoms with Crippen LogP contribution in [0.2, 0.25) is 0 Å². The average Bonchev–Trinajstić information content (AvgIpc) is 2.77. The quantitative estimate of drug-likeness (QED) is 0.907. The second-order valence-electron chi connectivity index (χ2n) is 5.98. The van der Waals surface area contributed by atoms with Crippen molar-refractivity contribution >= 4 is 16.9 Å². The van der Waals surface area contributed by atoms with Crippen LogP contribution in [0.5, 0.6) is 0 Å². The maximum Gasteiger partial charge on any atom is 0.326 e. The van der Waals surface area contributed by atoms with E-state index in [-0.39, 0.29) is 11.6 Å². The Bertz CT molecular complexity index is 693. The lowest BCUT2D eigenvalue weighted by molar-refractivity contribution is -0.119. The minimum atomic E-state index is -0.0276. The Morgan fingerprint density at radius 3 is 2.71 bits per heavy atom. The summed E-state index contributed by atoms with van der Waals surface area (Å²) in [6, 6.07) is 8.11. The van der Waals surface area contributed by atoms with Crippen LogP contribution in [-0.2, 0) is 11.3 Å². The standard InChI is InChI=1S/C16H21N3O2/c1-11(20)17-13-8-6-12(7-9-13)10-19-15-5-3-2-4-14(15)18-16(19)21/h2-5,12-13H,6-10H2,1H3,(H,17,20)(H,18,21). The van der Waals surface area contributed by atoms with Gasteiger partial charge in [0.2, 0.25) is 5.91 Å². The third-order valence-corrected chi connectivity index (χ3v) is 4.38. The van der Waals surface area contributed by atoms with Gasteiger partial charge in [-0.1, -0.05) is 12.1 Å². The van der Waals surface area contributed by atoms with Crippen molar-refractivity contribution in [3.63, 3.8) is 0 Å². The monoisotopic (exact) mass is 287 g/mol. The zero-order valence-electron chi connectivity index (χ0n) is 12.3. The highest BCUT2D eigenvalue weighted by Crippen LogP contribution is 2.26. The van der Waals surface area contributed by atoms with E-state index in [2.05, 4.69) is 10.3 Å². The normalized spacial score (nSPS) is 22.3. The maximum absolute atomic E-state index is 12.1. The lowest BCUT2D eigenvalue weighted by Crippen LogP contribution is -2.37. The molecule has 1 aromatic heterocycles. The van der Waals surface area contributed by atoms with Crippen molar-refractivity contribution in [2.24, 2.45) is 5.92 Å². The molecule has 1 amide bonds. The van der Waals surface area contributed by atoms with Gasteiger partial charge in [0.1, 0.15) is 0 Å². The smallest absolute Gasteiger partial charge is 0.326 e. The average molecular weight is 287 g/mol. The third kappa shape index (κ3) is 3.01. The number of carbonyl (C=O) groups is 1. The lowest BCUT2D eigenvalue weighted by Gasteiger charge is -2.28. The van der Waals surface area contributed by atoms with E-state index in [4.69, 9.17) is 0 Å². The number of hydrogen-bond donors (Lipinski definition) is 2. The Labute approximate surface area is 123 Å². The SMILES string of the molecule is CC(=O)NC1CCC(Cn2c(=O)[nH]c3ccccc32)CC1. The molecule has 0 unspecified atom stereocenters.